The van der Waals surface area contributed by atoms with Gasteiger partial charge in [-0.15, -0.1) is 0 Å². The van der Waals surface area contributed by atoms with Crippen LogP contribution in [0, 0.1) is 10.1 Å². The van der Waals surface area contributed by atoms with Crippen LogP contribution in [-0.4, -0.2) is 10.0 Å². The molecule has 0 aromatic carbocycles. The van der Waals surface area contributed by atoms with Crippen molar-refractivity contribution < 1.29 is 5.03 Å². The van der Waals surface area contributed by atoms with E-state index in [1.165, 1.54) is 12.3 Å². The van der Waals surface area contributed by atoms with Gasteiger partial charge in [-0.3, -0.25) is 0 Å². The third-order valence-electron chi connectivity index (χ3n) is 1.06. The number of nitrogens with two attached hydrogens (primary N) is 1. The summed E-state index contributed by atoms with van der Waals surface area (Å²) < 4.78 is 0. The molecule has 6 heteroatoms. The quantitative estimate of drug-likeness (QED) is 0.366. The highest BCUT2D eigenvalue weighted by atomic mass is 16.7. The maximum absolute atomic E-state index is 10.1. The molecule has 0 atom stereocenters. The molecule has 0 saturated carbocycles. The van der Waals surface area contributed by atoms with Crippen molar-refractivity contribution in [3.63, 3.8) is 0 Å². The Morgan fingerprint density at radius 1 is 1.64 bits per heavy atom. The van der Waals surface area contributed by atoms with Gasteiger partial charge in [0.25, 0.3) is 0 Å². The Kier molecular flexibility index (Phi) is 1.98. The molecule has 58 valence electrons. The zero-order valence-corrected chi connectivity index (χ0v) is 5.54. The van der Waals surface area contributed by atoms with Crippen LogP contribution in [0.4, 0.5) is 5.82 Å². The monoisotopic (exact) mass is 154 g/mol. The lowest BCUT2D eigenvalue weighted by molar-refractivity contribution is -0.496. The van der Waals surface area contributed by atoms with Crippen molar-refractivity contribution in [3.8, 4) is 0 Å². The zero-order chi connectivity index (χ0) is 8.27. The minimum absolute atomic E-state index is 0.109. The lowest BCUT2D eigenvalue weighted by atomic mass is 10.5. The van der Waals surface area contributed by atoms with Crippen LogP contribution in [0.5, 0.6) is 0 Å². The topological polar surface area (TPSA) is 85.3 Å². The Morgan fingerprint density at radius 3 is 2.82 bits per heavy atom. The molecule has 0 saturated heterocycles. The van der Waals surface area contributed by atoms with Crippen LogP contribution < -0.4 is 11.0 Å². The lowest BCUT2D eigenvalue weighted by Crippen LogP contribution is -2.37. The second-order valence-corrected chi connectivity index (χ2v) is 1.77. The molecule has 2 N–H and O–H groups in total. The van der Waals surface area contributed by atoms with Gasteiger partial charge in [0.2, 0.25) is 5.82 Å². The number of aromatic nitrogens is 1. The molecule has 1 rings (SSSR count). The Hall–Kier alpha value is -1.69. The summed E-state index contributed by atoms with van der Waals surface area (Å²) in [5.74, 6) is 5.12. The van der Waals surface area contributed by atoms with E-state index in [1.807, 2.05) is 0 Å². The van der Waals surface area contributed by atoms with Crippen LogP contribution in [-0.2, 0) is 0 Å². The summed E-state index contributed by atoms with van der Waals surface area (Å²) in [5, 5.41) is 9.68. The normalized spacial score (nSPS) is 9.18. The van der Waals surface area contributed by atoms with E-state index in [9.17, 15) is 10.1 Å². The molecule has 0 radical (unpaired) electrons. The molecule has 11 heavy (non-hydrogen) atoms. The molecule has 0 spiro atoms. The predicted molar refractivity (Wildman–Crippen MR) is 37.9 cm³/mol. The molecule has 6 nitrogen and oxygen atoms in total. The van der Waals surface area contributed by atoms with Crippen molar-refractivity contribution in [3.05, 3.63) is 34.5 Å². The van der Waals surface area contributed by atoms with Gasteiger partial charge in [-0.25, -0.2) is 15.1 Å². The predicted octanol–water partition coefficient (Wildman–Crippen LogP) is -0.0466. The number of nitro groups is 1. The first-order valence-electron chi connectivity index (χ1n) is 2.82. The van der Waals surface area contributed by atoms with E-state index in [0.29, 0.717) is 5.12 Å². The van der Waals surface area contributed by atoms with Gasteiger partial charge < -0.3 is 0 Å². The van der Waals surface area contributed by atoms with Crippen molar-refractivity contribution in [1.29, 1.82) is 0 Å². The summed E-state index contributed by atoms with van der Waals surface area (Å²) >= 11 is 0. The number of hydrazine groups is 2. The summed E-state index contributed by atoms with van der Waals surface area (Å²) in [7, 11) is 0. The Morgan fingerprint density at radius 2 is 2.36 bits per heavy atom. The molecule has 1 heterocycles. The van der Waals surface area contributed by atoms with Gasteiger partial charge in [0.05, 0.1) is 0 Å². The highest BCUT2D eigenvalue weighted by molar-refractivity contribution is 5.31. The summed E-state index contributed by atoms with van der Waals surface area (Å²) in [4.78, 5) is 13.7. The highest BCUT2D eigenvalue weighted by Gasteiger charge is 2.10. The van der Waals surface area contributed by atoms with E-state index in [1.54, 1.807) is 12.1 Å². The number of anilines is 1. The third-order valence-corrected chi connectivity index (χ3v) is 1.06. The van der Waals surface area contributed by atoms with Crippen molar-refractivity contribution >= 4 is 5.82 Å². The largest absolute Gasteiger partial charge is 0.233 e. The molecule has 0 fully saturated rings. The van der Waals surface area contributed by atoms with Crippen LogP contribution in [0.25, 0.3) is 0 Å². The minimum Gasteiger partial charge on any atom is -0.233 e. The Bertz CT molecular complexity index is 250. The second-order valence-electron chi connectivity index (χ2n) is 1.77. The van der Waals surface area contributed by atoms with E-state index in [0.717, 1.165) is 0 Å². The molecular weight excluding hydrogens is 148 g/mol. The summed E-state index contributed by atoms with van der Waals surface area (Å²) in [6.45, 7) is 0. The standard InChI is InChI=1S/C5H6N4O2/c6-8(9(10)11)5-3-1-2-4-7-5/h1-4H,6H2. The number of pyridine rings is 1. The van der Waals surface area contributed by atoms with E-state index in [4.69, 9.17) is 5.84 Å². The number of nitrogens with zero attached hydrogens (tertiary/aromatic N) is 3. The lowest BCUT2D eigenvalue weighted by Gasteiger charge is -2.03. The van der Waals surface area contributed by atoms with E-state index >= 15 is 0 Å². The van der Waals surface area contributed by atoms with Crippen LogP contribution in [0.1, 0.15) is 0 Å². The van der Waals surface area contributed by atoms with Gasteiger partial charge in [0, 0.05) is 6.20 Å². The van der Waals surface area contributed by atoms with Gasteiger partial charge in [-0.1, -0.05) is 6.07 Å². The molecule has 0 aliphatic rings. The van der Waals surface area contributed by atoms with E-state index < -0.39 is 5.03 Å². The molecular formula is C5H6N4O2. The zero-order valence-electron chi connectivity index (χ0n) is 5.54. The van der Waals surface area contributed by atoms with Crippen molar-refractivity contribution in [2.75, 3.05) is 5.12 Å². The second kappa shape index (κ2) is 2.93. The maximum Gasteiger partial charge on any atom is 0.213 e. The number of rotatable bonds is 2. The average Bonchev–Trinajstić information content (AvgIpc) is 2.05. The van der Waals surface area contributed by atoms with Gasteiger partial charge in [-0.2, -0.15) is 5.84 Å². The average molecular weight is 154 g/mol. The fourth-order valence-electron chi connectivity index (χ4n) is 0.573. The van der Waals surface area contributed by atoms with Crippen molar-refractivity contribution in [1.82, 2.24) is 4.98 Å². The molecule has 0 unspecified atom stereocenters. The van der Waals surface area contributed by atoms with Gasteiger partial charge in [0.15, 0.2) is 5.03 Å². The first kappa shape index (κ1) is 7.42. The van der Waals surface area contributed by atoms with Gasteiger partial charge in [0.1, 0.15) is 0 Å². The molecule has 0 aliphatic heterocycles. The molecule has 0 bridgehead atoms. The first-order valence-corrected chi connectivity index (χ1v) is 2.82. The Labute approximate surface area is 62.3 Å². The maximum atomic E-state index is 10.1. The third kappa shape index (κ3) is 1.62. The minimum atomic E-state index is -0.748. The van der Waals surface area contributed by atoms with Crippen LogP contribution in [0.3, 0.4) is 0 Å². The fourth-order valence-corrected chi connectivity index (χ4v) is 0.573. The highest BCUT2D eigenvalue weighted by Crippen LogP contribution is 2.02. The number of hydrogen-bond donors (Lipinski definition) is 1. The van der Waals surface area contributed by atoms with Crippen molar-refractivity contribution in [2.24, 2.45) is 5.84 Å². The van der Waals surface area contributed by atoms with Crippen LogP contribution in [0.15, 0.2) is 24.4 Å². The van der Waals surface area contributed by atoms with Crippen molar-refractivity contribution in [2.45, 2.75) is 0 Å². The number of hydrogen-bond acceptors (Lipinski definition) is 4. The first-order chi connectivity index (χ1) is 5.22. The van der Waals surface area contributed by atoms with Gasteiger partial charge in [-0.05, 0) is 17.3 Å². The molecule has 1 aromatic heterocycles. The molecule has 1 aromatic rings. The Balaban J connectivity index is 2.85. The van der Waals surface area contributed by atoms with E-state index in [-0.39, 0.29) is 5.82 Å². The van der Waals surface area contributed by atoms with Crippen LogP contribution in [0.2, 0.25) is 0 Å². The van der Waals surface area contributed by atoms with E-state index in [2.05, 4.69) is 4.98 Å². The summed E-state index contributed by atoms with van der Waals surface area (Å²) in [5.41, 5.74) is 0. The van der Waals surface area contributed by atoms with Gasteiger partial charge >= 0.3 is 0 Å². The molecule has 0 aliphatic carbocycles. The SMILES string of the molecule is NN(c1ccccn1)[N+](=O)[O-]. The smallest absolute Gasteiger partial charge is 0.213 e. The van der Waals surface area contributed by atoms with Crippen LogP contribution >= 0.6 is 0 Å². The molecule has 0 amide bonds. The summed E-state index contributed by atoms with van der Waals surface area (Å²) in [6, 6.07) is 4.71. The summed E-state index contributed by atoms with van der Waals surface area (Å²) in [6.07, 6.45) is 1.43. The fraction of sp³-hybridized carbons (Fsp3) is 0.